The lowest BCUT2D eigenvalue weighted by atomic mass is 10.2. The fourth-order valence-electron chi connectivity index (χ4n) is 2.56. The Hall–Kier alpha value is -2.99. The number of hydrogen-bond donors (Lipinski definition) is 0. The van der Waals surface area contributed by atoms with Gasteiger partial charge in [0.1, 0.15) is 17.4 Å². The molecule has 118 valence electrons. The van der Waals surface area contributed by atoms with E-state index in [-0.39, 0.29) is 11.0 Å². The molecule has 0 atom stereocenters. The molecule has 0 saturated carbocycles. The molecule has 2 heterocycles. The van der Waals surface area contributed by atoms with Crippen molar-refractivity contribution in [2.45, 2.75) is 0 Å². The van der Waals surface area contributed by atoms with Crippen LogP contribution in [0, 0.1) is 0 Å². The first kappa shape index (κ1) is 14.6. The van der Waals surface area contributed by atoms with E-state index in [0.29, 0.717) is 15.8 Å². The molecule has 0 aliphatic carbocycles. The van der Waals surface area contributed by atoms with Crippen LogP contribution >= 0.6 is 11.3 Å². The molecule has 2 aromatic carbocycles. The van der Waals surface area contributed by atoms with Crippen molar-refractivity contribution < 1.29 is 9.21 Å². The van der Waals surface area contributed by atoms with Crippen molar-refractivity contribution in [3.63, 3.8) is 0 Å². The Morgan fingerprint density at radius 2 is 1.88 bits per heavy atom. The van der Waals surface area contributed by atoms with E-state index in [1.165, 1.54) is 17.6 Å². The van der Waals surface area contributed by atoms with E-state index in [2.05, 4.69) is 4.99 Å². The summed E-state index contributed by atoms with van der Waals surface area (Å²) in [5, 5.41) is 0.374. The monoisotopic (exact) mass is 336 g/mol. The van der Waals surface area contributed by atoms with Gasteiger partial charge in [0.15, 0.2) is 4.80 Å². The lowest BCUT2D eigenvalue weighted by Gasteiger charge is -1.98. The lowest BCUT2D eigenvalue weighted by Crippen LogP contribution is -2.18. The first-order valence-corrected chi connectivity index (χ1v) is 8.11. The second-order valence-electron chi connectivity index (χ2n) is 5.30. The smallest absolute Gasteiger partial charge is 0.286 e. The summed E-state index contributed by atoms with van der Waals surface area (Å²) in [5.41, 5.74) is 1.01. The van der Waals surface area contributed by atoms with Crippen molar-refractivity contribution in [2.24, 2.45) is 12.0 Å². The molecule has 0 fully saturated rings. The number of amides is 1. The van der Waals surface area contributed by atoms with Crippen molar-refractivity contribution in [3.8, 4) is 0 Å². The number of aryl methyl sites for hydroxylation is 1. The average Bonchev–Trinajstić information content (AvgIpc) is 2.91. The molecule has 2 aromatic heterocycles. The van der Waals surface area contributed by atoms with Crippen LogP contribution in [0.1, 0.15) is 10.4 Å². The number of aromatic nitrogens is 1. The summed E-state index contributed by atoms with van der Waals surface area (Å²) in [6, 6.07) is 14.6. The van der Waals surface area contributed by atoms with Crippen molar-refractivity contribution in [2.75, 3.05) is 0 Å². The number of hydrogen-bond acceptors (Lipinski definition) is 4. The topological polar surface area (TPSA) is 64.6 Å². The number of fused-ring (bicyclic) bond motifs is 2. The van der Waals surface area contributed by atoms with E-state index in [1.54, 1.807) is 24.3 Å². The highest BCUT2D eigenvalue weighted by Crippen LogP contribution is 2.15. The van der Waals surface area contributed by atoms with Crippen LogP contribution in [-0.4, -0.2) is 10.5 Å². The molecule has 0 saturated heterocycles. The van der Waals surface area contributed by atoms with E-state index in [4.69, 9.17) is 4.42 Å². The molecule has 0 unspecified atom stereocenters. The SMILES string of the molecule is Cn1c(=NC(=O)c2coc3ccccc3c2=O)sc2ccccc21. The van der Waals surface area contributed by atoms with Crippen molar-refractivity contribution in [1.82, 2.24) is 4.57 Å². The van der Waals surface area contributed by atoms with Crippen LogP contribution in [0.15, 0.2) is 69.0 Å². The van der Waals surface area contributed by atoms with Gasteiger partial charge < -0.3 is 8.98 Å². The van der Waals surface area contributed by atoms with Gasteiger partial charge in [-0.2, -0.15) is 4.99 Å². The van der Waals surface area contributed by atoms with E-state index in [1.807, 2.05) is 35.9 Å². The van der Waals surface area contributed by atoms with E-state index < -0.39 is 5.91 Å². The van der Waals surface area contributed by atoms with Gasteiger partial charge in [0.2, 0.25) is 5.43 Å². The fourth-order valence-corrected chi connectivity index (χ4v) is 3.58. The molecule has 0 aliphatic heterocycles. The van der Waals surface area contributed by atoms with Crippen LogP contribution in [0.3, 0.4) is 0 Å². The maximum atomic E-state index is 12.5. The van der Waals surface area contributed by atoms with E-state index >= 15 is 0 Å². The van der Waals surface area contributed by atoms with Gasteiger partial charge in [-0.15, -0.1) is 0 Å². The fraction of sp³-hybridized carbons (Fsp3) is 0.0556. The zero-order chi connectivity index (χ0) is 16.7. The molecule has 0 spiro atoms. The number of para-hydroxylation sites is 2. The average molecular weight is 336 g/mol. The Morgan fingerprint density at radius 3 is 2.71 bits per heavy atom. The predicted molar refractivity (Wildman–Crippen MR) is 93.2 cm³/mol. The summed E-state index contributed by atoms with van der Waals surface area (Å²) in [4.78, 5) is 29.6. The Kier molecular flexibility index (Phi) is 3.39. The summed E-state index contributed by atoms with van der Waals surface area (Å²) < 4.78 is 8.25. The van der Waals surface area contributed by atoms with Crippen LogP contribution in [0.4, 0.5) is 0 Å². The summed E-state index contributed by atoms with van der Waals surface area (Å²) in [5.74, 6) is -0.600. The Balaban J connectivity index is 1.88. The minimum atomic E-state index is -0.600. The van der Waals surface area contributed by atoms with Crippen LogP contribution in [0.5, 0.6) is 0 Å². The lowest BCUT2D eigenvalue weighted by molar-refractivity contribution is 0.0995. The van der Waals surface area contributed by atoms with Gasteiger partial charge in [-0.3, -0.25) is 9.59 Å². The standard InChI is InChI=1S/C18H12N2O3S/c1-20-13-7-3-5-9-15(13)24-18(20)19-17(22)12-10-23-14-8-4-2-6-11(14)16(12)21/h2-10H,1H3. The largest absolute Gasteiger partial charge is 0.463 e. The quantitative estimate of drug-likeness (QED) is 0.536. The molecule has 6 heteroatoms. The van der Waals surface area contributed by atoms with Gasteiger partial charge >= 0.3 is 0 Å². The number of nitrogens with zero attached hydrogens (tertiary/aromatic N) is 2. The Morgan fingerprint density at radius 1 is 1.12 bits per heavy atom. The van der Waals surface area contributed by atoms with Crippen LogP contribution < -0.4 is 10.2 Å². The zero-order valence-electron chi connectivity index (χ0n) is 12.7. The first-order chi connectivity index (χ1) is 11.6. The molecule has 24 heavy (non-hydrogen) atoms. The third kappa shape index (κ3) is 2.28. The Bertz CT molecular complexity index is 1210. The van der Waals surface area contributed by atoms with Crippen molar-refractivity contribution in [3.05, 3.63) is 75.4 Å². The molecule has 0 N–H and O–H groups in total. The highest BCUT2D eigenvalue weighted by molar-refractivity contribution is 7.16. The van der Waals surface area contributed by atoms with Crippen LogP contribution in [-0.2, 0) is 7.05 Å². The van der Waals surface area contributed by atoms with Gasteiger partial charge in [0.25, 0.3) is 5.91 Å². The van der Waals surface area contributed by atoms with Gasteiger partial charge in [0.05, 0.1) is 15.6 Å². The second-order valence-corrected chi connectivity index (χ2v) is 6.31. The third-order valence-corrected chi connectivity index (χ3v) is 4.94. The van der Waals surface area contributed by atoms with Gasteiger partial charge in [-0.25, -0.2) is 0 Å². The maximum Gasteiger partial charge on any atom is 0.286 e. The maximum absolute atomic E-state index is 12.5. The molecular formula is C18H12N2O3S. The third-order valence-electron chi connectivity index (χ3n) is 3.82. The predicted octanol–water partition coefficient (Wildman–Crippen LogP) is 3.09. The molecule has 1 amide bonds. The highest BCUT2D eigenvalue weighted by atomic mass is 32.1. The minimum Gasteiger partial charge on any atom is -0.463 e. The Labute approximate surface area is 140 Å². The van der Waals surface area contributed by atoms with Crippen LogP contribution in [0.2, 0.25) is 0 Å². The molecule has 0 radical (unpaired) electrons. The van der Waals surface area contributed by atoms with Gasteiger partial charge in [-0.05, 0) is 24.3 Å². The molecule has 4 rings (SSSR count). The molecule has 5 nitrogen and oxygen atoms in total. The van der Waals surface area contributed by atoms with Crippen molar-refractivity contribution >= 4 is 38.4 Å². The number of rotatable bonds is 1. The van der Waals surface area contributed by atoms with Crippen molar-refractivity contribution in [1.29, 1.82) is 0 Å². The summed E-state index contributed by atoms with van der Waals surface area (Å²) in [6.07, 6.45) is 1.18. The number of carbonyl (C=O) groups excluding carboxylic acids is 1. The molecule has 0 bridgehead atoms. The molecule has 4 aromatic rings. The highest BCUT2D eigenvalue weighted by Gasteiger charge is 2.14. The van der Waals surface area contributed by atoms with E-state index in [9.17, 15) is 9.59 Å². The normalized spacial score (nSPS) is 12.1. The summed E-state index contributed by atoms with van der Waals surface area (Å²) >= 11 is 1.40. The number of benzene rings is 2. The minimum absolute atomic E-state index is 0.0637. The molecule has 0 aliphatic rings. The van der Waals surface area contributed by atoms with E-state index in [0.717, 1.165) is 10.2 Å². The summed E-state index contributed by atoms with van der Waals surface area (Å²) in [7, 11) is 1.84. The van der Waals surface area contributed by atoms with Crippen LogP contribution in [0.25, 0.3) is 21.2 Å². The molecular weight excluding hydrogens is 324 g/mol. The number of carbonyl (C=O) groups is 1. The first-order valence-electron chi connectivity index (χ1n) is 7.29. The second kappa shape index (κ2) is 5.58. The number of thiazole rings is 1. The summed E-state index contributed by atoms with van der Waals surface area (Å²) in [6.45, 7) is 0. The zero-order valence-corrected chi connectivity index (χ0v) is 13.5. The van der Waals surface area contributed by atoms with Gasteiger partial charge in [-0.1, -0.05) is 35.6 Å². The van der Waals surface area contributed by atoms with Gasteiger partial charge in [0, 0.05) is 7.05 Å².